The van der Waals surface area contributed by atoms with Crippen molar-refractivity contribution in [2.75, 3.05) is 27.2 Å². The molecule has 0 aliphatic rings. The van der Waals surface area contributed by atoms with Crippen molar-refractivity contribution in [3.63, 3.8) is 0 Å². The first-order valence-corrected chi connectivity index (χ1v) is 9.18. The van der Waals surface area contributed by atoms with Crippen molar-refractivity contribution in [1.82, 2.24) is 10.2 Å². The molecule has 0 unspecified atom stereocenters. The van der Waals surface area contributed by atoms with E-state index in [4.69, 9.17) is 4.74 Å². The summed E-state index contributed by atoms with van der Waals surface area (Å²) < 4.78 is 21.0. The van der Waals surface area contributed by atoms with Crippen LogP contribution >= 0.6 is 11.3 Å². The van der Waals surface area contributed by atoms with Crippen molar-refractivity contribution in [2.24, 2.45) is 0 Å². The van der Waals surface area contributed by atoms with Gasteiger partial charge in [0.05, 0.1) is 4.88 Å². The SMILES string of the molecule is CN(C)CCNC(=O)c1sc2cccc(F)c2c1COc1ccccc1. The van der Waals surface area contributed by atoms with E-state index in [2.05, 4.69) is 5.32 Å². The lowest BCUT2D eigenvalue weighted by molar-refractivity contribution is 0.0953. The minimum absolute atomic E-state index is 0.140. The fourth-order valence-corrected chi connectivity index (χ4v) is 3.77. The topological polar surface area (TPSA) is 41.6 Å². The minimum atomic E-state index is -0.335. The Balaban J connectivity index is 1.89. The van der Waals surface area contributed by atoms with E-state index < -0.39 is 0 Å². The van der Waals surface area contributed by atoms with Gasteiger partial charge < -0.3 is 15.0 Å². The zero-order valence-electron chi connectivity index (χ0n) is 14.8. The van der Waals surface area contributed by atoms with E-state index in [0.717, 1.165) is 11.2 Å². The first kappa shape index (κ1) is 18.4. The van der Waals surface area contributed by atoms with Gasteiger partial charge in [-0.3, -0.25) is 4.79 Å². The van der Waals surface area contributed by atoms with Crippen LogP contribution in [0, 0.1) is 5.82 Å². The van der Waals surface area contributed by atoms with Crippen molar-refractivity contribution in [2.45, 2.75) is 6.61 Å². The number of halogens is 1. The molecule has 4 nitrogen and oxygen atoms in total. The summed E-state index contributed by atoms with van der Waals surface area (Å²) in [6.07, 6.45) is 0. The van der Waals surface area contributed by atoms with Gasteiger partial charge in [-0.05, 0) is 38.4 Å². The van der Waals surface area contributed by atoms with Crippen LogP contribution < -0.4 is 10.1 Å². The summed E-state index contributed by atoms with van der Waals surface area (Å²) in [6, 6.07) is 14.2. The number of fused-ring (bicyclic) bond motifs is 1. The lowest BCUT2D eigenvalue weighted by Gasteiger charge is -2.11. The number of rotatable bonds is 7. The third-order valence-electron chi connectivity index (χ3n) is 3.94. The first-order valence-electron chi connectivity index (χ1n) is 8.37. The Morgan fingerprint density at radius 1 is 1.15 bits per heavy atom. The molecule has 1 heterocycles. The number of para-hydroxylation sites is 1. The zero-order chi connectivity index (χ0) is 18.5. The second-order valence-electron chi connectivity index (χ2n) is 6.18. The average Bonchev–Trinajstić information content (AvgIpc) is 3.00. The maximum atomic E-state index is 14.4. The van der Waals surface area contributed by atoms with Gasteiger partial charge in [-0.15, -0.1) is 11.3 Å². The van der Waals surface area contributed by atoms with E-state index in [-0.39, 0.29) is 18.3 Å². The van der Waals surface area contributed by atoms with E-state index >= 15 is 0 Å². The number of hydrogen-bond donors (Lipinski definition) is 1. The van der Waals surface area contributed by atoms with Crippen LogP contribution in [0.15, 0.2) is 48.5 Å². The van der Waals surface area contributed by atoms with E-state index in [1.165, 1.54) is 17.4 Å². The Labute approximate surface area is 156 Å². The summed E-state index contributed by atoms with van der Waals surface area (Å²) >= 11 is 1.29. The zero-order valence-corrected chi connectivity index (χ0v) is 15.6. The van der Waals surface area contributed by atoms with Crippen LogP contribution in [-0.4, -0.2) is 38.0 Å². The summed E-state index contributed by atoms with van der Waals surface area (Å²) in [6.45, 7) is 1.41. The molecular formula is C20H21FN2O2S. The second-order valence-corrected chi connectivity index (χ2v) is 7.24. The molecule has 0 saturated carbocycles. The van der Waals surface area contributed by atoms with E-state index in [9.17, 15) is 9.18 Å². The van der Waals surface area contributed by atoms with Gasteiger partial charge in [0.15, 0.2) is 0 Å². The molecule has 3 aromatic rings. The number of amides is 1. The van der Waals surface area contributed by atoms with Crippen molar-refractivity contribution >= 4 is 27.3 Å². The van der Waals surface area contributed by atoms with Crippen LogP contribution in [-0.2, 0) is 6.61 Å². The molecule has 0 atom stereocenters. The number of ether oxygens (including phenoxy) is 1. The summed E-state index contributed by atoms with van der Waals surface area (Å²) in [4.78, 5) is 15.1. The largest absolute Gasteiger partial charge is 0.489 e. The lowest BCUT2D eigenvalue weighted by Crippen LogP contribution is -2.31. The van der Waals surface area contributed by atoms with Gasteiger partial charge in [0.25, 0.3) is 5.91 Å². The molecule has 2 aromatic carbocycles. The maximum Gasteiger partial charge on any atom is 0.261 e. The molecule has 0 radical (unpaired) electrons. The summed E-state index contributed by atoms with van der Waals surface area (Å²) in [5.41, 5.74) is 0.592. The Morgan fingerprint density at radius 2 is 1.92 bits per heavy atom. The molecular weight excluding hydrogens is 351 g/mol. The fourth-order valence-electron chi connectivity index (χ4n) is 2.63. The number of benzene rings is 2. The van der Waals surface area contributed by atoms with Gasteiger partial charge in [-0.25, -0.2) is 4.39 Å². The highest BCUT2D eigenvalue weighted by Crippen LogP contribution is 2.34. The average molecular weight is 372 g/mol. The van der Waals surface area contributed by atoms with Gasteiger partial charge >= 0.3 is 0 Å². The highest BCUT2D eigenvalue weighted by molar-refractivity contribution is 7.21. The number of carbonyl (C=O) groups is 1. The molecule has 0 saturated heterocycles. The predicted octanol–water partition coefficient (Wildman–Crippen LogP) is 3.91. The van der Waals surface area contributed by atoms with Crippen LogP contribution in [0.4, 0.5) is 4.39 Å². The molecule has 0 bridgehead atoms. The minimum Gasteiger partial charge on any atom is -0.489 e. The lowest BCUT2D eigenvalue weighted by atomic mass is 10.1. The van der Waals surface area contributed by atoms with Crippen molar-refractivity contribution in [1.29, 1.82) is 0 Å². The third kappa shape index (κ3) is 4.20. The normalized spacial score (nSPS) is 11.1. The summed E-state index contributed by atoms with van der Waals surface area (Å²) in [5.74, 6) is 0.152. The standard InChI is InChI=1S/C20H21FN2O2S/c1-23(2)12-11-22-20(24)19-15(13-25-14-7-4-3-5-8-14)18-16(21)9-6-10-17(18)26-19/h3-10H,11-13H2,1-2H3,(H,22,24). The Hall–Kier alpha value is -2.44. The van der Waals surface area contributed by atoms with Gasteiger partial charge in [-0.1, -0.05) is 24.3 Å². The number of hydrogen-bond acceptors (Lipinski definition) is 4. The van der Waals surface area contributed by atoms with Crippen molar-refractivity contribution in [3.8, 4) is 5.75 Å². The smallest absolute Gasteiger partial charge is 0.261 e. The number of thiophene rings is 1. The van der Waals surface area contributed by atoms with E-state index in [1.807, 2.05) is 55.4 Å². The Kier molecular flexibility index (Phi) is 5.85. The monoisotopic (exact) mass is 372 g/mol. The van der Waals surface area contributed by atoms with Gasteiger partial charge in [-0.2, -0.15) is 0 Å². The molecule has 0 aliphatic carbocycles. The molecule has 1 N–H and O–H groups in total. The first-order chi connectivity index (χ1) is 12.6. The second kappa shape index (κ2) is 8.29. The molecule has 1 aromatic heterocycles. The predicted molar refractivity (Wildman–Crippen MR) is 103 cm³/mol. The molecule has 0 spiro atoms. The number of carbonyl (C=O) groups excluding carboxylic acids is 1. The summed E-state index contributed by atoms with van der Waals surface area (Å²) in [7, 11) is 3.89. The molecule has 6 heteroatoms. The van der Waals surface area contributed by atoms with Crippen molar-refractivity contribution < 1.29 is 13.9 Å². The van der Waals surface area contributed by atoms with Crippen LogP contribution in [0.1, 0.15) is 15.2 Å². The summed E-state index contributed by atoms with van der Waals surface area (Å²) in [5, 5.41) is 3.37. The Bertz CT molecular complexity index is 893. The Morgan fingerprint density at radius 3 is 2.65 bits per heavy atom. The fraction of sp³-hybridized carbons (Fsp3) is 0.250. The van der Waals surface area contributed by atoms with Gasteiger partial charge in [0.1, 0.15) is 18.2 Å². The quantitative estimate of drug-likeness (QED) is 0.684. The van der Waals surface area contributed by atoms with Crippen molar-refractivity contribution in [3.05, 3.63) is 64.8 Å². The highest BCUT2D eigenvalue weighted by Gasteiger charge is 2.21. The maximum absolute atomic E-state index is 14.4. The number of nitrogens with one attached hydrogen (secondary N) is 1. The number of nitrogens with zero attached hydrogens (tertiary/aromatic N) is 1. The van der Waals surface area contributed by atoms with E-state index in [1.54, 1.807) is 6.07 Å². The number of likely N-dealkylation sites (N-methyl/N-ethyl adjacent to an activating group) is 1. The molecule has 3 rings (SSSR count). The molecule has 1 amide bonds. The van der Waals surface area contributed by atoms with Gasteiger partial charge in [0, 0.05) is 28.7 Å². The van der Waals surface area contributed by atoms with Crippen LogP contribution in [0.25, 0.3) is 10.1 Å². The molecule has 0 aliphatic heterocycles. The highest BCUT2D eigenvalue weighted by atomic mass is 32.1. The van der Waals surface area contributed by atoms with Crippen LogP contribution in [0.3, 0.4) is 0 Å². The third-order valence-corrected chi connectivity index (χ3v) is 5.14. The molecule has 136 valence electrons. The van der Waals surface area contributed by atoms with Crippen LogP contribution in [0.2, 0.25) is 0 Å². The molecule has 0 fully saturated rings. The van der Waals surface area contributed by atoms with E-state index in [0.29, 0.717) is 28.1 Å². The van der Waals surface area contributed by atoms with Gasteiger partial charge in [0.2, 0.25) is 0 Å². The van der Waals surface area contributed by atoms with Crippen LogP contribution in [0.5, 0.6) is 5.75 Å². The molecule has 26 heavy (non-hydrogen) atoms.